The summed E-state index contributed by atoms with van der Waals surface area (Å²) >= 11 is 3.36. The van der Waals surface area contributed by atoms with Crippen LogP contribution in [0.5, 0.6) is 17.2 Å². The van der Waals surface area contributed by atoms with E-state index in [9.17, 15) is 14.4 Å². The molecule has 1 N–H and O–H groups in total. The van der Waals surface area contributed by atoms with E-state index in [0.717, 1.165) is 4.47 Å². The van der Waals surface area contributed by atoms with Gasteiger partial charge in [0, 0.05) is 24.6 Å². The van der Waals surface area contributed by atoms with Crippen LogP contribution in [0.1, 0.15) is 10.4 Å². The number of nitrogens with one attached hydrogen (secondary N) is 1. The lowest BCUT2D eigenvalue weighted by Gasteiger charge is -2.29. The number of fused-ring (bicyclic) bond motifs is 1. The number of amides is 3. The van der Waals surface area contributed by atoms with Crippen LogP contribution in [0.4, 0.5) is 11.4 Å². The first kappa shape index (κ1) is 22.4. The number of carbonyl (C=O) groups is 3. The molecular weight excluding hydrogens is 470 g/mol. The fourth-order valence-corrected chi connectivity index (χ4v) is 3.43. The van der Waals surface area contributed by atoms with Crippen molar-refractivity contribution in [1.29, 1.82) is 0 Å². The smallest absolute Gasteiger partial charge is 0.265 e. The molecule has 31 heavy (non-hydrogen) atoms. The third kappa shape index (κ3) is 4.74. The van der Waals surface area contributed by atoms with Crippen LogP contribution in [0, 0.1) is 0 Å². The molecule has 2 aromatic carbocycles. The van der Waals surface area contributed by atoms with E-state index in [1.807, 2.05) is 0 Å². The molecule has 0 aromatic heterocycles. The topological polar surface area (TPSA) is 97.4 Å². The quantitative estimate of drug-likeness (QED) is 0.666. The van der Waals surface area contributed by atoms with Crippen molar-refractivity contribution < 1.29 is 28.6 Å². The monoisotopic (exact) mass is 491 g/mol. The molecule has 3 amide bonds. The van der Waals surface area contributed by atoms with Gasteiger partial charge in [-0.15, -0.1) is 0 Å². The lowest BCUT2D eigenvalue weighted by molar-refractivity contribution is -0.123. The third-order valence-corrected chi connectivity index (χ3v) is 5.09. The molecule has 164 valence electrons. The minimum absolute atomic E-state index is 0.169. The summed E-state index contributed by atoms with van der Waals surface area (Å²) in [6, 6.07) is 8.20. The molecular formula is C21H22BrN3O6. The lowest BCUT2D eigenvalue weighted by atomic mass is 10.1. The van der Waals surface area contributed by atoms with Gasteiger partial charge in [0.15, 0.2) is 18.1 Å². The standard InChI is InChI=1S/C21H22BrN3O6/c1-24(2)21(28)13-8-17(29-3)18(30-4)9-14(13)23-19(26)10-25-15-6-5-12(22)7-16(15)31-11-20(25)27/h5-9H,10-11H2,1-4H3,(H,23,26). The summed E-state index contributed by atoms with van der Waals surface area (Å²) in [4.78, 5) is 40.6. The van der Waals surface area contributed by atoms with Gasteiger partial charge in [-0.05, 0) is 24.3 Å². The van der Waals surface area contributed by atoms with Gasteiger partial charge in [0.25, 0.3) is 11.8 Å². The molecule has 1 aliphatic rings. The summed E-state index contributed by atoms with van der Waals surface area (Å²) < 4.78 is 16.8. The number of anilines is 2. The zero-order valence-electron chi connectivity index (χ0n) is 17.5. The molecule has 2 aromatic rings. The highest BCUT2D eigenvalue weighted by molar-refractivity contribution is 9.10. The lowest BCUT2D eigenvalue weighted by Crippen LogP contribution is -2.43. The average molecular weight is 492 g/mol. The van der Waals surface area contributed by atoms with Gasteiger partial charge in [0.05, 0.1) is 31.2 Å². The molecule has 0 aliphatic carbocycles. The van der Waals surface area contributed by atoms with Gasteiger partial charge in [-0.1, -0.05) is 15.9 Å². The first-order valence-corrected chi connectivity index (χ1v) is 10.0. The van der Waals surface area contributed by atoms with Gasteiger partial charge < -0.3 is 24.4 Å². The minimum Gasteiger partial charge on any atom is -0.493 e. The highest BCUT2D eigenvalue weighted by atomic mass is 79.9. The second kappa shape index (κ2) is 9.25. The van der Waals surface area contributed by atoms with Gasteiger partial charge in [0.1, 0.15) is 12.3 Å². The van der Waals surface area contributed by atoms with E-state index in [2.05, 4.69) is 21.2 Å². The molecule has 0 saturated heterocycles. The number of halogens is 1. The van der Waals surface area contributed by atoms with Crippen molar-refractivity contribution in [3.8, 4) is 17.2 Å². The Morgan fingerprint density at radius 2 is 1.84 bits per heavy atom. The molecule has 0 spiro atoms. The second-order valence-electron chi connectivity index (χ2n) is 6.88. The van der Waals surface area contributed by atoms with E-state index in [1.54, 1.807) is 32.3 Å². The molecule has 1 heterocycles. The maximum Gasteiger partial charge on any atom is 0.265 e. The molecule has 0 fully saturated rings. The minimum atomic E-state index is -0.482. The molecule has 3 rings (SSSR count). The van der Waals surface area contributed by atoms with E-state index in [4.69, 9.17) is 14.2 Å². The maximum atomic E-state index is 12.8. The highest BCUT2D eigenvalue weighted by Crippen LogP contribution is 2.36. The summed E-state index contributed by atoms with van der Waals surface area (Å²) in [6.45, 7) is -0.418. The Morgan fingerprint density at radius 1 is 1.16 bits per heavy atom. The Morgan fingerprint density at radius 3 is 2.48 bits per heavy atom. The number of rotatable bonds is 6. The molecule has 9 nitrogen and oxygen atoms in total. The Kier molecular flexibility index (Phi) is 6.69. The van der Waals surface area contributed by atoms with Crippen LogP contribution in [0.25, 0.3) is 0 Å². The van der Waals surface area contributed by atoms with Gasteiger partial charge >= 0.3 is 0 Å². The summed E-state index contributed by atoms with van der Waals surface area (Å²) in [5.41, 5.74) is 0.971. The van der Waals surface area contributed by atoms with Crippen LogP contribution >= 0.6 is 15.9 Å². The van der Waals surface area contributed by atoms with E-state index in [1.165, 1.54) is 36.2 Å². The largest absolute Gasteiger partial charge is 0.493 e. The van der Waals surface area contributed by atoms with E-state index in [-0.39, 0.29) is 36.2 Å². The Labute approximate surface area is 188 Å². The number of methoxy groups -OCH3 is 2. The molecule has 1 aliphatic heterocycles. The SMILES string of the molecule is COc1cc(NC(=O)CN2C(=O)COc3cc(Br)ccc32)c(C(=O)N(C)C)cc1OC. The molecule has 0 atom stereocenters. The van der Waals surface area contributed by atoms with E-state index >= 15 is 0 Å². The summed E-state index contributed by atoms with van der Waals surface area (Å²) in [7, 11) is 6.12. The normalized spacial score (nSPS) is 12.5. The average Bonchev–Trinajstić information content (AvgIpc) is 2.74. The fourth-order valence-electron chi connectivity index (χ4n) is 3.09. The second-order valence-corrected chi connectivity index (χ2v) is 7.80. The highest BCUT2D eigenvalue weighted by Gasteiger charge is 2.28. The zero-order valence-corrected chi connectivity index (χ0v) is 19.1. The maximum absolute atomic E-state index is 12.8. The first-order chi connectivity index (χ1) is 14.7. The Balaban J connectivity index is 1.90. The van der Waals surface area contributed by atoms with Crippen molar-refractivity contribution in [2.45, 2.75) is 0 Å². The van der Waals surface area contributed by atoms with Gasteiger partial charge in [0.2, 0.25) is 5.91 Å². The summed E-state index contributed by atoms with van der Waals surface area (Å²) in [5.74, 6) is 0.0515. The Hall–Kier alpha value is -3.27. The fraction of sp³-hybridized carbons (Fsp3) is 0.286. The number of ether oxygens (including phenoxy) is 3. The van der Waals surface area contributed by atoms with Crippen LogP contribution in [-0.2, 0) is 9.59 Å². The predicted molar refractivity (Wildman–Crippen MR) is 118 cm³/mol. The number of hydrogen-bond donors (Lipinski definition) is 1. The summed E-state index contributed by atoms with van der Waals surface area (Å²) in [5, 5.41) is 2.72. The third-order valence-electron chi connectivity index (χ3n) is 4.60. The van der Waals surface area contributed by atoms with Gasteiger partial charge in [-0.3, -0.25) is 19.3 Å². The molecule has 0 unspecified atom stereocenters. The van der Waals surface area contributed by atoms with Crippen LogP contribution in [0.15, 0.2) is 34.8 Å². The number of benzene rings is 2. The van der Waals surface area contributed by atoms with Gasteiger partial charge in [-0.2, -0.15) is 0 Å². The van der Waals surface area contributed by atoms with Gasteiger partial charge in [-0.25, -0.2) is 0 Å². The number of carbonyl (C=O) groups excluding carboxylic acids is 3. The van der Waals surface area contributed by atoms with Crippen LogP contribution < -0.4 is 24.4 Å². The molecule has 0 radical (unpaired) electrons. The number of hydrogen-bond acceptors (Lipinski definition) is 6. The van der Waals surface area contributed by atoms with Crippen molar-refractivity contribution >= 4 is 45.0 Å². The van der Waals surface area contributed by atoms with Crippen molar-refractivity contribution in [3.05, 3.63) is 40.4 Å². The van der Waals surface area contributed by atoms with Crippen LogP contribution in [0.2, 0.25) is 0 Å². The van der Waals surface area contributed by atoms with Crippen molar-refractivity contribution in [2.24, 2.45) is 0 Å². The van der Waals surface area contributed by atoms with E-state index < -0.39 is 5.91 Å². The van der Waals surface area contributed by atoms with Crippen LogP contribution in [0.3, 0.4) is 0 Å². The van der Waals surface area contributed by atoms with Crippen LogP contribution in [-0.4, -0.2) is 64.1 Å². The van der Waals surface area contributed by atoms with Crippen molar-refractivity contribution in [3.63, 3.8) is 0 Å². The molecule has 10 heteroatoms. The predicted octanol–water partition coefficient (Wildman–Crippen LogP) is 2.53. The molecule has 0 bridgehead atoms. The zero-order chi connectivity index (χ0) is 22.7. The molecule has 0 saturated carbocycles. The Bertz CT molecular complexity index is 1040. The van der Waals surface area contributed by atoms with Crippen molar-refractivity contribution in [1.82, 2.24) is 4.90 Å². The van der Waals surface area contributed by atoms with Crippen molar-refractivity contribution in [2.75, 3.05) is 51.7 Å². The summed E-state index contributed by atoms with van der Waals surface area (Å²) in [6.07, 6.45) is 0. The van der Waals surface area contributed by atoms with E-state index in [0.29, 0.717) is 22.9 Å². The number of nitrogens with zero attached hydrogens (tertiary/aromatic N) is 2. The first-order valence-electron chi connectivity index (χ1n) is 9.25.